The van der Waals surface area contributed by atoms with Gasteiger partial charge in [-0.1, -0.05) is 36.4 Å². The molecule has 3 amide bonds. The van der Waals surface area contributed by atoms with Crippen molar-refractivity contribution in [2.75, 3.05) is 43.6 Å². The zero-order valence-corrected chi connectivity index (χ0v) is 20.9. The Morgan fingerprint density at radius 3 is 2.31 bits per heavy atom. The molecule has 1 aliphatic heterocycles. The zero-order chi connectivity index (χ0) is 24.9. The molecular weight excluding hydrogens is 464 g/mol. The van der Waals surface area contributed by atoms with Gasteiger partial charge < -0.3 is 20.7 Å². The first-order valence-electron chi connectivity index (χ1n) is 11.9. The molecular formula is C26H34N4O4S. The van der Waals surface area contributed by atoms with Crippen molar-refractivity contribution in [3.8, 4) is 5.75 Å². The van der Waals surface area contributed by atoms with Crippen molar-refractivity contribution in [2.45, 2.75) is 31.3 Å². The van der Waals surface area contributed by atoms with E-state index in [2.05, 4.69) is 20.9 Å². The van der Waals surface area contributed by atoms with Gasteiger partial charge in [0.2, 0.25) is 11.8 Å². The number of amides is 3. The number of hydrogen-bond donors (Lipinski definition) is 3. The molecule has 0 spiro atoms. The van der Waals surface area contributed by atoms with Crippen LogP contribution in [0.2, 0.25) is 0 Å². The summed E-state index contributed by atoms with van der Waals surface area (Å²) in [7, 11) is 0. The minimum absolute atomic E-state index is 0.0187. The van der Waals surface area contributed by atoms with Gasteiger partial charge in [-0.25, -0.2) is 0 Å². The van der Waals surface area contributed by atoms with Crippen LogP contribution in [-0.2, 0) is 14.4 Å². The van der Waals surface area contributed by atoms with Gasteiger partial charge in [0.15, 0.2) is 6.61 Å². The van der Waals surface area contributed by atoms with Crippen LogP contribution in [0.1, 0.15) is 19.3 Å². The first kappa shape index (κ1) is 26.6. The summed E-state index contributed by atoms with van der Waals surface area (Å²) in [5, 5.41) is 8.81. The van der Waals surface area contributed by atoms with Crippen LogP contribution in [-0.4, -0.2) is 73.0 Å². The summed E-state index contributed by atoms with van der Waals surface area (Å²) >= 11 is 1.63. The fourth-order valence-electron chi connectivity index (χ4n) is 3.87. The summed E-state index contributed by atoms with van der Waals surface area (Å²) in [5.41, 5.74) is 0.784. The number of thioether (sulfide) groups is 1. The maximum Gasteiger partial charge on any atom is 0.258 e. The Kier molecular flexibility index (Phi) is 10.9. The van der Waals surface area contributed by atoms with E-state index in [1.165, 1.54) is 0 Å². The summed E-state index contributed by atoms with van der Waals surface area (Å²) < 4.78 is 5.50. The number of carbonyl (C=O) groups excluding carboxylic acids is 3. The number of likely N-dealkylation sites (tertiary alicyclic amines) is 1. The largest absolute Gasteiger partial charge is 0.484 e. The van der Waals surface area contributed by atoms with E-state index in [9.17, 15) is 14.4 Å². The monoisotopic (exact) mass is 498 g/mol. The second-order valence-corrected chi connectivity index (χ2v) is 9.46. The number of carbonyl (C=O) groups is 3. The van der Waals surface area contributed by atoms with E-state index in [1.54, 1.807) is 23.9 Å². The minimum Gasteiger partial charge on any atom is -0.484 e. The van der Waals surface area contributed by atoms with Crippen LogP contribution < -0.4 is 20.7 Å². The predicted octanol–water partition coefficient (Wildman–Crippen LogP) is 2.52. The zero-order valence-electron chi connectivity index (χ0n) is 20.1. The van der Waals surface area contributed by atoms with Gasteiger partial charge in [-0.15, -0.1) is 0 Å². The molecule has 0 saturated carbocycles. The van der Waals surface area contributed by atoms with Gasteiger partial charge in [0.1, 0.15) is 11.8 Å². The molecule has 1 fully saturated rings. The predicted molar refractivity (Wildman–Crippen MR) is 140 cm³/mol. The Morgan fingerprint density at radius 1 is 1.00 bits per heavy atom. The lowest BCUT2D eigenvalue weighted by Crippen LogP contribution is -2.53. The van der Waals surface area contributed by atoms with Crippen LogP contribution in [0.25, 0.3) is 0 Å². The Labute approximate surface area is 211 Å². The highest BCUT2D eigenvalue weighted by atomic mass is 32.2. The molecule has 2 aromatic rings. The van der Waals surface area contributed by atoms with Crippen molar-refractivity contribution in [1.82, 2.24) is 15.5 Å². The lowest BCUT2D eigenvalue weighted by molar-refractivity contribution is -0.130. The average molecular weight is 499 g/mol. The number of benzene rings is 2. The number of para-hydroxylation sites is 2. The molecule has 1 heterocycles. The van der Waals surface area contributed by atoms with E-state index in [0.29, 0.717) is 18.7 Å². The summed E-state index contributed by atoms with van der Waals surface area (Å²) in [6.45, 7) is 1.62. The molecule has 0 aromatic heterocycles. The van der Waals surface area contributed by atoms with Gasteiger partial charge in [-0.05, 0) is 55.5 Å². The highest BCUT2D eigenvalue weighted by Gasteiger charge is 2.26. The van der Waals surface area contributed by atoms with Gasteiger partial charge in [0.25, 0.3) is 5.91 Å². The van der Waals surface area contributed by atoms with Crippen molar-refractivity contribution in [1.29, 1.82) is 0 Å². The van der Waals surface area contributed by atoms with E-state index in [0.717, 1.165) is 37.4 Å². The van der Waals surface area contributed by atoms with Crippen molar-refractivity contribution >= 4 is 35.2 Å². The quantitative estimate of drug-likeness (QED) is 0.416. The van der Waals surface area contributed by atoms with Crippen LogP contribution in [0.15, 0.2) is 60.7 Å². The lowest BCUT2D eigenvalue weighted by Gasteiger charge is -2.32. The van der Waals surface area contributed by atoms with E-state index in [-0.39, 0.29) is 30.4 Å². The Bertz CT molecular complexity index is 937. The molecule has 3 N–H and O–H groups in total. The molecule has 3 rings (SSSR count). The summed E-state index contributed by atoms with van der Waals surface area (Å²) in [6.07, 6.45) is 4.02. The first-order chi connectivity index (χ1) is 17.0. The fourth-order valence-corrected chi connectivity index (χ4v) is 4.34. The molecule has 188 valence electrons. The molecule has 9 heteroatoms. The van der Waals surface area contributed by atoms with Gasteiger partial charge in [0, 0.05) is 24.8 Å². The summed E-state index contributed by atoms with van der Waals surface area (Å²) in [5.74, 6) is 0.822. The van der Waals surface area contributed by atoms with Crippen LogP contribution >= 0.6 is 11.8 Å². The van der Waals surface area contributed by atoms with Gasteiger partial charge in [0.05, 0.1) is 6.54 Å². The molecule has 0 aliphatic carbocycles. The normalized spacial score (nSPS) is 15.1. The highest BCUT2D eigenvalue weighted by molar-refractivity contribution is 7.98. The van der Waals surface area contributed by atoms with Crippen molar-refractivity contribution < 1.29 is 19.1 Å². The number of hydrogen-bond acceptors (Lipinski definition) is 6. The van der Waals surface area contributed by atoms with Crippen molar-refractivity contribution in [2.24, 2.45) is 0 Å². The third kappa shape index (κ3) is 9.62. The maximum absolute atomic E-state index is 12.9. The molecule has 8 nitrogen and oxygen atoms in total. The van der Waals surface area contributed by atoms with Crippen LogP contribution in [0.4, 0.5) is 5.69 Å². The first-order valence-corrected chi connectivity index (χ1v) is 13.3. The Morgan fingerprint density at radius 2 is 1.66 bits per heavy atom. The van der Waals surface area contributed by atoms with E-state index < -0.39 is 6.04 Å². The molecule has 1 atom stereocenters. The number of piperidine rings is 1. The van der Waals surface area contributed by atoms with Crippen LogP contribution in [0.5, 0.6) is 5.75 Å². The highest BCUT2D eigenvalue weighted by Crippen LogP contribution is 2.13. The molecule has 0 bridgehead atoms. The third-order valence-electron chi connectivity index (χ3n) is 5.73. The van der Waals surface area contributed by atoms with E-state index >= 15 is 0 Å². The van der Waals surface area contributed by atoms with Crippen molar-refractivity contribution in [3.63, 3.8) is 0 Å². The maximum atomic E-state index is 12.9. The van der Waals surface area contributed by atoms with E-state index in [1.807, 2.05) is 54.8 Å². The van der Waals surface area contributed by atoms with Gasteiger partial charge in [-0.3, -0.25) is 19.3 Å². The van der Waals surface area contributed by atoms with Crippen LogP contribution in [0, 0.1) is 0 Å². The fraction of sp³-hybridized carbons (Fsp3) is 0.423. The lowest BCUT2D eigenvalue weighted by atomic mass is 10.0. The number of ether oxygens (including phenoxy) is 1. The number of nitrogens with zero attached hydrogens (tertiary/aromatic N) is 1. The molecule has 1 aliphatic rings. The smallest absolute Gasteiger partial charge is 0.258 e. The molecule has 1 unspecified atom stereocenters. The number of anilines is 1. The average Bonchev–Trinajstić information content (AvgIpc) is 2.87. The Balaban J connectivity index is 1.41. The second kappa shape index (κ2) is 14.4. The topological polar surface area (TPSA) is 99.8 Å². The van der Waals surface area contributed by atoms with Crippen molar-refractivity contribution in [3.05, 3.63) is 60.7 Å². The SMILES string of the molecule is CSCCC(NC(=O)COc1ccccc1)C(=O)NC1CCN(CC(=O)Nc2ccccc2)CC1. The molecule has 1 saturated heterocycles. The Hall–Kier alpha value is -3.04. The molecule has 2 aromatic carbocycles. The third-order valence-corrected chi connectivity index (χ3v) is 6.38. The second-order valence-electron chi connectivity index (χ2n) is 8.48. The molecule has 35 heavy (non-hydrogen) atoms. The standard InChI is InChI=1S/C26H34N4O4S/c1-35-17-14-23(29-25(32)19-34-22-10-6-3-7-11-22)26(33)28-21-12-15-30(16-13-21)18-24(31)27-20-8-4-2-5-9-20/h2-11,21,23H,12-19H2,1H3,(H,27,31)(H,28,33)(H,29,32). The van der Waals surface area contributed by atoms with Crippen LogP contribution in [0.3, 0.4) is 0 Å². The summed E-state index contributed by atoms with van der Waals surface area (Å²) in [6, 6.07) is 17.9. The van der Waals surface area contributed by atoms with Gasteiger partial charge >= 0.3 is 0 Å². The van der Waals surface area contributed by atoms with E-state index in [4.69, 9.17) is 4.74 Å². The summed E-state index contributed by atoms with van der Waals surface area (Å²) in [4.78, 5) is 39.7. The van der Waals surface area contributed by atoms with Gasteiger partial charge in [-0.2, -0.15) is 11.8 Å². The number of nitrogens with one attached hydrogen (secondary N) is 3. The minimum atomic E-state index is -0.607. The molecule has 0 radical (unpaired) electrons. The number of rotatable bonds is 12.